The second-order valence-electron chi connectivity index (χ2n) is 9.41. The van der Waals surface area contributed by atoms with E-state index in [1.807, 2.05) is 19.1 Å². The Balaban J connectivity index is 1.65. The number of aliphatic carboxylic acids is 1. The molecule has 0 heterocycles. The molecule has 0 fully saturated rings. The largest absolute Gasteiger partial charge is 0.545 e. The van der Waals surface area contributed by atoms with Crippen molar-refractivity contribution < 1.29 is 24.1 Å². The van der Waals surface area contributed by atoms with E-state index in [2.05, 4.69) is 20.8 Å². The van der Waals surface area contributed by atoms with Crippen molar-refractivity contribution in [2.24, 2.45) is 0 Å². The van der Waals surface area contributed by atoms with Crippen LogP contribution in [0.5, 0.6) is 17.2 Å². The lowest BCUT2D eigenvalue weighted by Gasteiger charge is -2.32. The van der Waals surface area contributed by atoms with E-state index in [0.717, 1.165) is 5.56 Å². The number of carboxylic acids is 1. The zero-order valence-electron chi connectivity index (χ0n) is 20.1. The molecule has 0 bridgehead atoms. The summed E-state index contributed by atoms with van der Waals surface area (Å²) < 4.78 is 17.5. The Morgan fingerprint density at radius 3 is 1.85 bits per heavy atom. The Kier molecular flexibility index (Phi) is 7.78. The molecule has 3 aromatic carbocycles. The summed E-state index contributed by atoms with van der Waals surface area (Å²) >= 11 is 5.89. The van der Waals surface area contributed by atoms with Gasteiger partial charge in [0, 0.05) is 10.6 Å². The van der Waals surface area contributed by atoms with E-state index in [0.29, 0.717) is 34.4 Å². The molecule has 0 amide bonds. The van der Waals surface area contributed by atoms with Gasteiger partial charge in [-0.05, 0) is 73.4 Å². The zero-order chi connectivity index (χ0) is 24.9. The normalized spacial score (nSPS) is 14.1. The number of ether oxygens (including phenoxy) is 3. The van der Waals surface area contributed by atoms with Gasteiger partial charge < -0.3 is 24.1 Å². The van der Waals surface area contributed by atoms with Gasteiger partial charge in [0.1, 0.15) is 30.0 Å². The number of hydrogen-bond acceptors (Lipinski definition) is 5. The van der Waals surface area contributed by atoms with Gasteiger partial charge in [0.05, 0.1) is 5.97 Å². The summed E-state index contributed by atoms with van der Waals surface area (Å²) in [6, 6.07) is 21.3. The van der Waals surface area contributed by atoms with Gasteiger partial charge in [0.15, 0.2) is 5.60 Å². The molecule has 2 atom stereocenters. The third kappa shape index (κ3) is 6.45. The van der Waals surface area contributed by atoms with E-state index in [4.69, 9.17) is 25.8 Å². The highest BCUT2D eigenvalue weighted by molar-refractivity contribution is 6.30. The van der Waals surface area contributed by atoms with Gasteiger partial charge in [-0.2, -0.15) is 0 Å². The highest BCUT2D eigenvalue weighted by Crippen LogP contribution is 2.31. The van der Waals surface area contributed by atoms with Gasteiger partial charge in [0.2, 0.25) is 0 Å². The minimum atomic E-state index is -1.66. The summed E-state index contributed by atoms with van der Waals surface area (Å²) in [6.07, 6.45) is -0.200. The first-order chi connectivity index (χ1) is 16.0. The quantitative estimate of drug-likeness (QED) is 0.402. The fourth-order valence-corrected chi connectivity index (χ4v) is 3.47. The summed E-state index contributed by atoms with van der Waals surface area (Å²) in [7, 11) is 0. The van der Waals surface area contributed by atoms with Crippen LogP contribution in [0.3, 0.4) is 0 Å². The molecule has 3 aromatic rings. The predicted octanol–water partition coefficient (Wildman–Crippen LogP) is 5.53. The highest BCUT2D eigenvalue weighted by atomic mass is 35.5. The number of hydrogen-bond donors (Lipinski definition) is 0. The molecule has 0 aliphatic carbocycles. The molecule has 2 unspecified atom stereocenters. The number of carboxylic acid groups (broad SMARTS) is 1. The maximum atomic E-state index is 12.1. The third-order valence-corrected chi connectivity index (χ3v) is 5.72. The minimum Gasteiger partial charge on any atom is -0.545 e. The van der Waals surface area contributed by atoms with Crippen molar-refractivity contribution in [2.75, 3.05) is 6.61 Å². The van der Waals surface area contributed by atoms with E-state index in [-0.39, 0.29) is 11.5 Å². The van der Waals surface area contributed by atoms with Crippen LogP contribution in [0.2, 0.25) is 5.02 Å². The van der Waals surface area contributed by atoms with Crippen LogP contribution >= 0.6 is 11.6 Å². The fraction of sp³-hybridized carbons (Fsp3) is 0.321. The molecule has 0 aliphatic heterocycles. The Morgan fingerprint density at radius 2 is 1.32 bits per heavy atom. The van der Waals surface area contributed by atoms with E-state index in [1.54, 1.807) is 60.7 Å². The van der Waals surface area contributed by atoms with Gasteiger partial charge in [0.25, 0.3) is 0 Å². The van der Waals surface area contributed by atoms with Gasteiger partial charge >= 0.3 is 0 Å². The van der Waals surface area contributed by atoms with Gasteiger partial charge in [-0.25, -0.2) is 0 Å². The molecule has 0 radical (unpaired) electrons. The molecule has 6 heteroatoms. The van der Waals surface area contributed by atoms with Crippen LogP contribution in [0.15, 0.2) is 72.8 Å². The van der Waals surface area contributed by atoms with Crippen LogP contribution in [-0.4, -0.2) is 18.7 Å². The van der Waals surface area contributed by atoms with Crippen molar-refractivity contribution in [3.8, 4) is 17.2 Å². The molecule has 5 nitrogen and oxygen atoms in total. The fourth-order valence-electron chi connectivity index (χ4n) is 3.34. The van der Waals surface area contributed by atoms with Crippen molar-refractivity contribution in [3.63, 3.8) is 0 Å². The molecule has 34 heavy (non-hydrogen) atoms. The monoisotopic (exact) mass is 481 g/mol. The van der Waals surface area contributed by atoms with Crippen molar-refractivity contribution in [3.05, 3.63) is 88.9 Å². The van der Waals surface area contributed by atoms with Crippen LogP contribution in [0.1, 0.15) is 45.7 Å². The zero-order valence-corrected chi connectivity index (χ0v) is 20.9. The first-order valence-electron chi connectivity index (χ1n) is 11.1. The van der Waals surface area contributed by atoms with Gasteiger partial charge in [-0.1, -0.05) is 56.6 Å². The van der Waals surface area contributed by atoms with Crippen LogP contribution in [0.25, 0.3) is 0 Å². The molecule has 0 aliphatic rings. The number of benzene rings is 3. The smallest absolute Gasteiger partial charge is 0.170 e. The average Bonchev–Trinajstić information content (AvgIpc) is 2.79. The summed E-state index contributed by atoms with van der Waals surface area (Å²) in [5.74, 6) is 0.415. The standard InChI is InChI=1S/C28H31ClO5/c1-19(33-24-16-10-22(29)11-17-24)18-32-23-12-8-21(9-13-23)28(5,26(30)31)34-25-14-6-20(7-15-25)27(2,3)4/h6-17,19H,18H2,1-5H3,(H,30,31)/p-1. The van der Waals surface area contributed by atoms with Crippen LogP contribution in [0, 0.1) is 0 Å². The van der Waals surface area contributed by atoms with E-state index in [9.17, 15) is 9.90 Å². The van der Waals surface area contributed by atoms with Crippen molar-refractivity contribution in [1.29, 1.82) is 0 Å². The molecular weight excluding hydrogens is 452 g/mol. The minimum absolute atomic E-state index is 0.0105. The lowest BCUT2D eigenvalue weighted by molar-refractivity contribution is -0.322. The Labute approximate surface area is 206 Å². The van der Waals surface area contributed by atoms with Gasteiger partial charge in [-0.3, -0.25) is 0 Å². The topological polar surface area (TPSA) is 67.8 Å². The molecular formula is C28H30ClO5-. The first kappa shape index (κ1) is 25.4. The number of halogens is 1. The number of carbonyl (C=O) groups is 1. The summed E-state index contributed by atoms with van der Waals surface area (Å²) in [4.78, 5) is 12.1. The Bertz CT molecular complexity index is 1090. The molecule has 0 N–H and O–H groups in total. The van der Waals surface area contributed by atoms with E-state index >= 15 is 0 Å². The van der Waals surface area contributed by atoms with Crippen LogP contribution < -0.4 is 19.3 Å². The number of rotatable bonds is 9. The first-order valence-corrected chi connectivity index (χ1v) is 11.5. The molecule has 0 spiro atoms. The van der Waals surface area contributed by atoms with E-state index in [1.165, 1.54) is 6.92 Å². The third-order valence-electron chi connectivity index (χ3n) is 5.47. The lowest BCUT2D eigenvalue weighted by atomic mass is 9.87. The van der Waals surface area contributed by atoms with Crippen LogP contribution in [0.4, 0.5) is 0 Å². The van der Waals surface area contributed by atoms with Crippen molar-refractivity contribution >= 4 is 17.6 Å². The predicted molar refractivity (Wildman–Crippen MR) is 132 cm³/mol. The highest BCUT2D eigenvalue weighted by Gasteiger charge is 2.31. The second kappa shape index (κ2) is 10.4. The maximum Gasteiger partial charge on any atom is 0.170 e. The Morgan fingerprint density at radius 1 is 0.824 bits per heavy atom. The van der Waals surface area contributed by atoms with Crippen molar-refractivity contribution in [2.45, 2.75) is 51.7 Å². The maximum absolute atomic E-state index is 12.1. The van der Waals surface area contributed by atoms with Crippen LogP contribution in [-0.2, 0) is 15.8 Å². The van der Waals surface area contributed by atoms with Crippen molar-refractivity contribution in [1.82, 2.24) is 0 Å². The molecule has 180 valence electrons. The molecule has 0 aromatic heterocycles. The summed E-state index contributed by atoms with van der Waals surface area (Å²) in [5, 5.41) is 12.7. The SMILES string of the molecule is CC(COc1ccc(C(C)(Oc2ccc(C(C)(C)C)cc2)C(=O)[O-])cc1)Oc1ccc(Cl)cc1. The molecule has 0 saturated carbocycles. The Hall–Kier alpha value is -3.18. The van der Waals surface area contributed by atoms with Gasteiger partial charge in [-0.15, -0.1) is 0 Å². The van der Waals surface area contributed by atoms with E-state index < -0.39 is 11.6 Å². The second-order valence-corrected chi connectivity index (χ2v) is 9.85. The molecule has 3 rings (SSSR count). The lowest BCUT2D eigenvalue weighted by Crippen LogP contribution is -2.47. The summed E-state index contributed by atoms with van der Waals surface area (Å²) in [5.41, 5.74) is -0.0909. The number of carbonyl (C=O) groups excluding carboxylic acids is 1. The average molecular weight is 482 g/mol. The molecule has 0 saturated heterocycles. The summed E-state index contributed by atoms with van der Waals surface area (Å²) in [6.45, 7) is 10.0.